The van der Waals surface area contributed by atoms with Crippen molar-refractivity contribution < 1.29 is 14.3 Å². The molecule has 0 aliphatic rings. The highest BCUT2D eigenvalue weighted by atomic mass is 32.1. The molecule has 0 bridgehead atoms. The number of fused-ring (bicyclic) bond motifs is 2. The van der Waals surface area contributed by atoms with Crippen LogP contribution in [0.2, 0.25) is 0 Å². The lowest BCUT2D eigenvalue weighted by atomic mass is 10.0. The molecule has 0 spiro atoms. The second-order valence-electron chi connectivity index (χ2n) is 8.68. The van der Waals surface area contributed by atoms with Crippen LogP contribution < -0.4 is 10.6 Å². The van der Waals surface area contributed by atoms with E-state index in [9.17, 15) is 9.59 Å². The Balaban J connectivity index is 1.56. The second-order valence-corrected chi connectivity index (χ2v) is 9.56. The number of rotatable bonds is 5. The molecule has 0 aliphatic heterocycles. The summed E-state index contributed by atoms with van der Waals surface area (Å²) in [6.45, 7) is 7.49. The third-order valence-electron chi connectivity index (χ3n) is 4.83. The summed E-state index contributed by atoms with van der Waals surface area (Å²) in [5.41, 5.74) is 1.41. The minimum absolute atomic E-state index is 0.248. The molecular weight excluding hydrogens is 424 g/mol. The lowest BCUT2D eigenvalue weighted by Gasteiger charge is -2.21. The van der Waals surface area contributed by atoms with Crippen molar-refractivity contribution in [2.24, 2.45) is 0 Å². The van der Waals surface area contributed by atoms with Crippen molar-refractivity contribution in [3.8, 4) is 11.3 Å². The van der Waals surface area contributed by atoms with Gasteiger partial charge in [0.25, 0.3) is 5.91 Å². The minimum Gasteiger partial charge on any atom is -0.444 e. The number of nitrogens with one attached hydrogen (secondary N) is 2. The van der Waals surface area contributed by atoms with Gasteiger partial charge in [-0.1, -0.05) is 36.4 Å². The zero-order valence-electron chi connectivity index (χ0n) is 18.5. The van der Waals surface area contributed by atoms with E-state index in [1.807, 2.05) is 54.9 Å². The summed E-state index contributed by atoms with van der Waals surface area (Å²) in [6, 6.07) is 13.9. The number of hydrogen-bond acceptors (Lipinski definition) is 5. The number of nitrogens with zero attached hydrogens (tertiary/aromatic N) is 2. The predicted molar refractivity (Wildman–Crippen MR) is 127 cm³/mol. The number of imidazole rings is 1. The molecule has 8 heteroatoms. The average molecular weight is 451 g/mol. The average Bonchev–Trinajstić information content (AvgIpc) is 3.31. The summed E-state index contributed by atoms with van der Waals surface area (Å²) in [7, 11) is 0. The first-order chi connectivity index (χ1) is 15.2. The molecule has 2 amide bonds. The Kier molecular flexibility index (Phi) is 5.88. The molecule has 0 saturated heterocycles. The standard InChI is InChI=1S/C24H26N4O3S/c1-15(14-25-23(30)31-24(2,3)4)26-21(29)20-19(27-22-28(20)11-12-32-22)18-10-9-16-7-5-6-8-17(16)13-18/h5-13,15H,14H2,1-4H3,(H,25,30)(H,26,29). The van der Waals surface area contributed by atoms with Crippen LogP contribution >= 0.6 is 11.3 Å². The highest BCUT2D eigenvalue weighted by Gasteiger charge is 2.23. The van der Waals surface area contributed by atoms with Crippen molar-refractivity contribution >= 4 is 39.1 Å². The number of hydrogen-bond donors (Lipinski definition) is 2. The first-order valence-corrected chi connectivity index (χ1v) is 11.3. The smallest absolute Gasteiger partial charge is 0.407 e. The van der Waals surface area contributed by atoms with Crippen LogP contribution in [0, 0.1) is 0 Å². The maximum absolute atomic E-state index is 13.2. The molecule has 7 nitrogen and oxygen atoms in total. The Morgan fingerprint density at radius 3 is 2.66 bits per heavy atom. The van der Waals surface area contributed by atoms with E-state index in [1.54, 1.807) is 25.2 Å². The molecule has 0 saturated carbocycles. The fourth-order valence-corrected chi connectivity index (χ4v) is 4.15. The van der Waals surface area contributed by atoms with Gasteiger partial charge in [0.1, 0.15) is 17.0 Å². The van der Waals surface area contributed by atoms with Crippen LogP contribution in [0.3, 0.4) is 0 Å². The molecule has 2 aromatic heterocycles. The number of carbonyl (C=O) groups is 2. The molecule has 0 aliphatic carbocycles. The van der Waals surface area contributed by atoms with Crippen LogP contribution in [0.25, 0.3) is 27.0 Å². The topological polar surface area (TPSA) is 84.7 Å². The fraction of sp³-hybridized carbons (Fsp3) is 0.292. The summed E-state index contributed by atoms with van der Waals surface area (Å²) in [5, 5.41) is 9.77. The molecule has 0 radical (unpaired) electrons. The van der Waals surface area contributed by atoms with Crippen molar-refractivity contribution in [1.82, 2.24) is 20.0 Å². The van der Waals surface area contributed by atoms with E-state index in [2.05, 4.69) is 16.7 Å². The van der Waals surface area contributed by atoms with Crippen LogP contribution in [0.1, 0.15) is 38.2 Å². The van der Waals surface area contributed by atoms with Gasteiger partial charge >= 0.3 is 6.09 Å². The Bertz CT molecular complexity index is 1290. The van der Waals surface area contributed by atoms with E-state index in [0.717, 1.165) is 21.3 Å². The van der Waals surface area contributed by atoms with Gasteiger partial charge in [0, 0.05) is 29.7 Å². The molecule has 2 N–H and O–H groups in total. The van der Waals surface area contributed by atoms with Crippen molar-refractivity contribution in [2.75, 3.05) is 6.54 Å². The lowest BCUT2D eigenvalue weighted by Crippen LogP contribution is -2.43. The summed E-state index contributed by atoms with van der Waals surface area (Å²) < 4.78 is 7.05. The SMILES string of the molecule is CC(CNC(=O)OC(C)(C)C)NC(=O)c1c(-c2ccc3ccccc3c2)nc2sccn12. The first kappa shape index (κ1) is 21.8. The Hall–Kier alpha value is -3.39. The molecular formula is C24H26N4O3S. The first-order valence-electron chi connectivity index (χ1n) is 10.4. The van der Waals surface area contributed by atoms with Crippen LogP contribution in [0.5, 0.6) is 0 Å². The number of thiazole rings is 1. The summed E-state index contributed by atoms with van der Waals surface area (Å²) >= 11 is 1.47. The third-order valence-corrected chi connectivity index (χ3v) is 5.59. The number of amides is 2. The summed E-state index contributed by atoms with van der Waals surface area (Å²) in [5.74, 6) is -0.252. The van der Waals surface area contributed by atoms with Gasteiger partial charge in [-0.2, -0.15) is 0 Å². The quantitative estimate of drug-likeness (QED) is 0.455. The van der Waals surface area contributed by atoms with Crippen LogP contribution in [0.4, 0.5) is 4.79 Å². The van der Waals surface area contributed by atoms with Gasteiger partial charge in [0.15, 0.2) is 4.96 Å². The Morgan fingerprint density at radius 1 is 1.16 bits per heavy atom. The van der Waals surface area contributed by atoms with E-state index >= 15 is 0 Å². The van der Waals surface area contributed by atoms with Crippen molar-refractivity contribution in [1.29, 1.82) is 0 Å². The zero-order valence-corrected chi connectivity index (χ0v) is 19.3. The van der Waals surface area contributed by atoms with Gasteiger partial charge in [-0.25, -0.2) is 9.78 Å². The lowest BCUT2D eigenvalue weighted by molar-refractivity contribution is 0.0521. The number of ether oxygens (including phenoxy) is 1. The van der Waals surface area contributed by atoms with Crippen LogP contribution in [-0.2, 0) is 4.74 Å². The normalized spacial score (nSPS) is 12.6. The molecule has 1 unspecified atom stereocenters. The van der Waals surface area contributed by atoms with Crippen molar-refractivity contribution in [3.05, 3.63) is 59.7 Å². The van der Waals surface area contributed by atoms with Gasteiger partial charge in [-0.15, -0.1) is 11.3 Å². The van der Waals surface area contributed by atoms with E-state index < -0.39 is 11.7 Å². The van der Waals surface area contributed by atoms with Crippen molar-refractivity contribution in [3.63, 3.8) is 0 Å². The zero-order chi connectivity index (χ0) is 22.9. The summed E-state index contributed by atoms with van der Waals surface area (Å²) in [4.78, 5) is 30.6. The van der Waals surface area contributed by atoms with E-state index in [4.69, 9.17) is 9.72 Å². The Morgan fingerprint density at radius 2 is 1.91 bits per heavy atom. The largest absolute Gasteiger partial charge is 0.444 e. The maximum Gasteiger partial charge on any atom is 0.407 e. The van der Waals surface area contributed by atoms with Gasteiger partial charge in [-0.05, 0) is 44.5 Å². The molecule has 0 fully saturated rings. The molecule has 2 aromatic carbocycles. The van der Waals surface area contributed by atoms with Crippen LogP contribution in [-0.4, -0.2) is 39.6 Å². The van der Waals surface area contributed by atoms with Gasteiger partial charge < -0.3 is 15.4 Å². The minimum atomic E-state index is -0.576. The molecule has 166 valence electrons. The van der Waals surface area contributed by atoms with Gasteiger partial charge in [0.05, 0.1) is 0 Å². The number of benzene rings is 2. The molecule has 32 heavy (non-hydrogen) atoms. The predicted octanol–water partition coefficient (Wildman–Crippen LogP) is 4.86. The molecule has 4 rings (SSSR count). The maximum atomic E-state index is 13.2. The highest BCUT2D eigenvalue weighted by molar-refractivity contribution is 7.15. The number of alkyl carbamates (subject to hydrolysis) is 1. The third kappa shape index (κ3) is 4.75. The van der Waals surface area contributed by atoms with Gasteiger partial charge in [-0.3, -0.25) is 9.20 Å². The second kappa shape index (κ2) is 8.63. The van der Waals surface area contributed by atoms with Crippen LogP contribution in [0.15, 0.2) is 54.0 Å². The number of carbonyl (C=O) groups excluding carboxylic acids is 2. The fourth-order valence-electron chi connectivity index (χ4n) is 3.43. The highest BCUT2D eigenvalue weighted by Crippen LogP contribution is 2.29. The molecule has 1 atom stereocenters. The monoisotopic (exact) mass is 450 g/mol. The Labute approximate surface area is 190 Å². The van der Waals surface area contributed by atoms with Crippen molar-refractivity contribution in [2.45, 2.75) is 39.3 Å². The van der Waals surface area contributed by atoms with Gasteiger partial charge in [0.2, 0.25) is 0 Å². The summed E-state index contributed by atoms with van der Waals surface area (Å²) in [6.07, 6.45) is 1.33. The molecule has 2 heterocycles. The van der Waals surface area contributed by atoms with E-state index in [1.165, 1.54) is 11.3 Å². The van der Waals surface area contributed by atoms with E-state index in [0.29, 0.717) is 11.4 Å². The van der Waals surface area contributed by atoms with E-state index in [-0.39, 0.29) is 18.5 Å². The molecule has 4 aromatic rings. The number of aromatic nitrogens is 2.